The minimum atomic E-state index is 0.158. The molecule has 1 fully saturated rings. The highest BCUT2D eigenvalue weighted by molar-refractivity contribution is 5.78. The van der Waals surface area contributed by atoms with Crippen molar-refractivity contribution >= 4 is 5.91 Å². The Labute approximate surface area is 135 Å². The van der Waals surface area contributed by atoms with Crippen molar-refractivity contribution in [1.29, 1.82) is 0 Å². The van der Waals surface area contributed by atoms with Crippen LogP contribution < -0.4 is 5.32 Å². The lowest BCUT2D eigenvalue weighted by Gasteiger charge is -2.30. The zero-order valence-corrected chi connectivity index (χ0v) is 14.5. The molecule has 0 unspecified atom stereocenters. The Morgan fingerprint density at radius 2 is 2.00 bits per heavy atom. The predicted octanol–water partition coefficient (Wildman–Crippen LogP) is 3.43. The zero-order chi connectivity index (χ0) is 16.1. The second-order valence-electron chi connectivity index (χ2n) is 7.04. The highest BCUT2D eigenvalue weighted by Gasteiger charge is 2.23. The van der Waals surface area contributed by atoms with Crippen molar-refractivity contribution in [3.63, 3.8) is 0 Å². The van der Waals surface area contributed by atoms with Gasteiger partial charge in [0.15, 0.2) is 0 Å². The molecule has 1 aromatic carbocycles. The second-order valence-corrected chi connectivity index (χ2v) is 7.04. The third kappa shape index (κ3) is 4.84. The van der Waals surface area contributed by atoms with Crippen LogP contribution in [0.1, 0.15) is 49.3 Å². The number of rotatable bonds is 5. The molecule has 0 radical (unpaired) electrons. The van der Waals surface area contributed by atoms with Gasteiger partial charge in [-0.2, -0.15) is 0 Å². The summed E-state index contributed by atoms with van der Waals surface area (Å²) in [5.41, 5.74) is 3.88. The Morgan fingerprint density at radius 3 is 2.68 bits per heavy atom. The van der Waals surface area contributed by atoms with Gasteiger partial charge in [0.05, 0.1) is 6.54 Å². The van der Waals surface area contributed by atoms with E-state index in [0.717, 1.165) is 13.0 Å². The average molecular weight is 302 g/mol. The van der Waals surface area contributed by atoms with Crippen LogP contribution in [0.3, 0.4) is 0 Å². The van der Waals surface area contributed by atoms with Crippen molar-refractivity contribution in [1.82, 2.24) is 10.2 Å². The Bertz CT molecular complexity index is 512. The van der Waals surface area contributed by atoms with Gasteiger partial charge in [0.25, 0.3) is 0 Å². The molecule has 1 N–H and O–H groups in total. The van der Waals surface area contributed by atoms with Crippen LogP contribution >= 0.6 is 0 Å². The van der Waals surface area contributed by atoms with Crippen LogP contribution in [0.5, 0.6) is 0 Å². The largest absolute Gasteiger partial charge is 0.352 e. The minimum Gasteiger partial charge on any atom is -0.352 e. The van der Waals surface area contributed by atoms with Gasteiger partial charge in [-0.15, -0.1) is 0 Å². The van der Waals surface area contributed by atoms with Crippen LogP contribution in [-0.4, -0.2) is 30.4 Å². The number of hydrogen-bond acceptors (Lipinski definition) is 2. The lowest BCUT2D eigenvalue weighted by molar-refractivity contribution is -0.123. The molecule has 1 aliphatic rings. The number of nitrogens with one attached hydrogen (secondary N) is 1. The van der Waals surface area contributed by atoms with Gasteiger partial charge in [-0.3, -0.25) is 9.69 Å². The van der Waals surface area contributed by atoms with Crippen LogP contribution in [0.25, 0.3) is 0 Å². The maximum absolute atomic E-state index is 12.2. The van der Waals surface area contributed by atoms with E-state index >= 15 is 0 Å². The van der Waals surface area contributed by atoms with Crippen LogP contribution in [-0.2, 0) is 11.3 Å². The van der Waals surface area contributed by atoms with Gasteiger partial charge in [-0.05, 0) is 50.8 Å². The molecule has 1 aliphatic carbocycles. The topological polar surface area (TPSA) is 32.3 Å². The summed E-state index contributed by atoms with van der Waals surface area (Å²) in [4.78, 5) is 14.3. The molecule has 0 bridgehead atoms. The maximum atomic E-state index is 12.2. The molecule has 2 rings (SSSR count). The number of carbonyl (C=O) groups is 1. The molecule has 0 heterocycles. The fourth-order valence-corrected chi connectivity index (χ4v) is 3.40. The third-order valence-electron chi connectivity index (χ3n) is 4.81. The van der Waals surface area contributed by atoms with Crippen molar-refractivity contribution in [3.8, 4) is 0 Å². The molecule has 0 aliphatic heterocycles. The molecule has 1 saturated carbocycles. The van der Waals surface area contributed by atoms with Crippen molar-refractivity contribution in [2.45, 2.75) is 59.0 Å². The number of carbonyl (C=O) groups excluding carboxylic acids is 1. The summed E-state index contributed by atoms with van der Waals surface area (Å²) in [7, 11) is 2.02. The van der Waals surface area contributed by atoms with E-state index in [0.29, 0.717) is 18.5 Å². The Morgan fingerprint density at radius 1 is 1.27 bits per heavy atom. The highest BCUT2D eigenvalue weighted by Crippen LogP contribution is 2.23. The number of benzene rings is 1. The highest BCUT2D eigenvalue weighted by atomic mass is 16.2. The number of nitrogens with zero attached hydrogens (tertiary/aromatic N) is 1. The summed E-state index contributed by atoms with van der Waals surface area (Å²) in [5, 5.41) is 3.23. The van der Waals surface area contributed by atoms with Crippen molar-refractivity contribution in [3.05, 3.63) is 34.9 Å². The third-order valence-corrected chi connectivity index (χ3v) is 4.81. The number of aryl methyl sites for hydroxylation is 2. The predicted molar refractivity (Wildman–Crippen MR) is 91.8 cm³/mol. The molecule has 3 heteroatoms. The molecule has 1 amide bonds. The number of hydrogen-bond donors (Lipinski definition) is 1. The van der Waals surface area contributed by atoms with Gasteiger partial charge < -0.3 is 5.32 Å². The molecule has 122 valence electrons. The van der Waals surface area contributed by atoms with Gasteiger partial charge in [0.1, 0.15) is 0 Å². The SMILES string of the molecule is Cc1ccc(CN(C)CC(=O)N[C@H]2CCCC[C@@H]2C)c(C)c1. The van der Waals surface area contributed by atoms with Gasteiger partial charge in [0, 0.05) is 12.6 Å². The Kier molecular flexibility index (Phi) is 6.01. The minimum absolute atomic E-state index is 0.158. The van der Waals surface area contributed by atoms with Gasteiger partial charge in [0.2, 0.25) is 5.91 Å². The molecule has 0 saturated heterocycles. The fourth-order valence-electron chi connectivity index (χ4n) is 3.40. The molecule has 0 spiro atoms. The molecular weight excluding hydrogens is 272 g/mol. The molecule has 3 nitrogen and oxygen atoms in total. The normalized spacial score (nSPS) is 21.9. The Balaban J connectivity index is 1.83. The zero-order valence-electron chi connectivity index (χ0n) is 14.5. The molecule has 1 aromatic rings. The van der Waals surface area contributed by atoms with Gasteiger partial charge in [-0.1, -0.05) is 43.5 Å². The first-order chi connectivity index (χ1) is 10.5. The van der Waals surface area contributed by atoms with E-state index < -0.39 is 0 Å². The summed E-state index contributed by atoms with van der Waals surface area (Å²) < 4.78 is 0. The van der Waals surface area contributed by atoms with Gasteiger partial charge >= 0.3 is 0 Å². The summed E-state index contributed by atoms with van der Waals surface area (Å²) in [6.45, 7) is 7.79. The first-order valence-corrected chi connectivity index (χ1v) is 8.49. The molecule has 2 atom stereocenters. The number of likely N-dealkylation sites (N-methyl/N-ethyl adjacent to an activating group) is 1. The second kappa shape index (κ2) is 7.77. The van der Waals surface area contributed by atoms with E-state index in [4.69, 9.17) is 0 Å². The summed E-state index contributed by atoms with van der Waals surface area (Å²) in [6, 6.07) is 6.88. The Hall–Kier alpha value is -1.35. The molecule has 0 aromatic heterocycles. The van der Waals surface area contributed by atoms with Gasteiger partial charge in [-0.25, -0.2) is 0 Å². The van der Waals surface area contributed by atoms with E-state index in [9.17, 15) is 4.79 Å². The van der Waals surface area contributed by atoms with E-state index in [1.807, 2.05) is 7.05 Å². The van der Waals surface area contributed by atoms with Crippen LogP contribution in [0.4, 0.5) is 0 Å². The standard InChI is InChI=1S/C19H30N2O/c1-14-9-10-17(16(3)11-14)12-21(4)13-19(22)20-18-8-6-5-7-15(18)2/h9-11,15,18H,5-8,12-13H2,1-4H3,(H,20,22)/t15-,18-/m0/s1. The summed E-state index contributed by atoms with van der Waals surface area (Å²) in [5.74, 6) is 0.772. The first-order valence-electron chi connectivity index (χ1n) is 8.49. The van der Waals surface area contributed by atoms with Crippen molar-refractivity contribution in [2.75, 3.05) is 13.6 Å². The average Bonchev–Trinajstić information content (AvgIpc) is 2.44. The van der Waals surface area contributed by atoms with E-state index in [2.05, 4.69) is 49.2 Å². The maximum Gasteiger partial charge on any atom is 0.234 e. The van der Waals surface area contributed by atoms with E-state index in [-0.39, 0.29) is 5.91 Å². The summed E-state index contributed by atoms with van der Waals surface area (Å²) in [6.07, 6.45) is 4.92. The fraction of sp³-hybridized carbons (Fsp3) is 0.632. The lowest BCUT2D eigenvalue weighted by atomic mass is 9.86. The number of amides is 1. The van der Waals surface area contributed by atoms with E-state index in [1.54, 1.807) is 0 Å². The summed E-state index contributed by atoms with van der Waals surface area (Å²) >= 11 is 0. The molecular formula is C19H30N2O. The van der Waals surface area contributed by atoms with Crippen molar-refractivity contribution < 1.29 is 4.79 Å². The monoisotopic (exact) mass is 302 g/mol. The van der Waals surface area contributed by atoms with Crippen LogP contribution in [0.2, 0.25) is 0 Å². The first kappa shape index (κ1) is 17.0. The smallest absolute Gasteiger partial charge is 0.234 e. The van der Waals surface area contributed by atoms with Crippen LogP contribution in [0, 0.1) is 19.8 Å². The van der Waals surface area contributed by atoms with Crippen molar-refractivity contribution in [2.24, 2.45) is 5.92 Å². The lowest BCUT2D eigenvalue weighted by Crippen LogP contribution is -2.44. The van der Waals surface area contributed by atoms with Crippen LogP contribution in [0.15, 0.2) is 18.2 Å². The molecule has 22 heavy (non-hydrogen) atoms. The quantitative estimate of drug-likeness (QED) is 0.904. The van der Waals surface area contributed by atoms with E-state index in [1.165, 1.54) is 36.0 Å².